The summed E-state index contributed by atoms with van der Waals surface area (Å²) in [5, 5.41) is 10.7. The van der Waals surface area contributed by atoms with Gasteiger partial charge in [0.05, 0.1) is 18.6 Å². The normalized spacial score (nSPS) is 10.7. The smallest absolute Gasteiger partial charge is 0.310 e. The van der Waals surface area contributed by atoms with Crippen LogP contribution in [0.5, 0.6) is 5.75 Å². The second-order valence-electron chi connectivity index (χ2n) is 4.50. The number of nitrogens with zero attached hydrogens (tertiary/aromatic N) is 1. The van der Waals surface area contributed by atoms with Crippen molar-refractivity contribution < 1.29 is 14.4 Å². The van der Waals surface area contributed by atoms with Crippen LogP contribution in [0.2, 0.25) is 0 Å². The minimum atomic E-state index is -0.456. The third-order valence-corrected chi connectivity index (χ3v) is 2.55. The van der Waals surface area contributed by atoms with Crippen molar-refractivity contribution in [3.05, 3.63) is 33.9 Å². The third-order valence-electron chi connectivity index (χ3n) is 2.55. The van der Waals surface area contributed by atoms with Gasteiger partial charge < -0.3 is 9.47 Å². The van der Waals surface area contributed by atoms with Crippen molar-refractivity contribution in [1.29, 1.82) is 0 Å². The van der Waals surface area contributed by atoms with Crippen LogP contribution >= 0.6 is 0 Å². The van der Waals surface area contributed by atoms with E-state index < -0.39 is 4.92 Å². The molecule has 0 saturated carbocycles. The van der Waals surface area contributed by atoms with Crippen molar-refractivity contribution in [1.82, 2.24) is 0 Å². The van der Waals surface area contributed by atoms with Gasteiger partial charge in [-0.05, 0) is 30.0 Å². The van der Waals surface area contributed by atoms with E-state index in [4.69, 9.17) is 9.47 Å². The number of ether oxygens (including phenoxy) is 2. The standard InChI is InChI=1S/C13H19NO4/c1-10(2)6-7-18-9-11-4-5-12(14(15)16)13(8-11)17-3/h4-5,8,10H,6-7,9H2,1-3H3. The number of benzene rings is 1. The molecule has 0 bridgehead atoms. The maximum Gasteiger partial charge on any atom is 0.310 e. The quantitative estimate of drug-likeness (QED) is 0.425. The number of nitro benzene ring substituents is 1. The molecule has 0 aliphatic heterocycles. The van der Waals surface area contributed by atoms with Crippen molar-refractivity contribution in [2.24, 2.45) is 5.92 Å². The lowest BCUT2D eigenvalue weighted by Crippen LogP contribution is -2.00. The Bertz CT molecular complexity index is 404. The molecule has 5 heteroatoms. The lowest BCUT2D eigenvalue weighted by molar-refractivity contribution is -0.385. The fourth-order valence-electron chi connectivity index (χ4n) is 1.47. The maximum absolute atomic E-state index is 10.7. The van der Waals surface area contributed by atoms with Crippen LogP contribution in [0.25, 0.3) is 0 Å². The van der Waals surface area contributed by atoms with Crippen LogP contribution in [0, 0.1) is 16.0 Å². The van der Waals surface area contributed by atoms with E-state index in [9.17, 15) is 10.1 Å². The summed E-state index contributed by atoms with van der Waals surface area (Å²) < 4.78 is 10.5. The van der Waals surface area contributed by atoms with Gasteiger partial charge in [0.2, 0.25) is 0 Å². The van der Waals surface area contributed by atoms with Gasteiger partial charge in [-0.1, -0.05) is 13.8 Å². The van der Waals surface area contributed by atoms with Crippen molar-refractivity contribution >= 4 is 5.69 Å². The molecule has 0 fully saturated rings. The Morgan fingerprint density at radius 1 is 1.39 bits per heavy atom. The van der Waals surface area contributed by atoms with Crippen molar-refractivity contribution in [3.63, 3.8) is 0 Å². The van der Waals surface area contributed by atoms with Gasteiger partial charge in [-0.3, -0.25) is 10.1 Å². The summed E-state index contributed by atoms with van der Waals surface area (Å²) >= 11 is 0. The lowest BCUT2D eigenvalue weighted by atomic mass is 10.1. The van der Waals surface area contributed by atoms with E-state index in [1.807, 2.05) is 0 Å². The molecule has 0 spiro atoms. The molecule has 0 amide bonds. The van der Waals surface area contributed by atoms with Crippen molar-refractivity contribution in [2.45, 2.75) is 26.9 Å². The number of hydrogen-bond acceptors (Lipinski definition) is 4. The fraction of sp³-hybridized carbons (Fsp3) is 0.538. The summed E-state index contributed by atoms with van der Waals surface area (Å²) in [5.41, 5.74) is 0.852. The van der Waals surface area contributed by atoms with Crippen LogP contribution in [0.1, 0.15) is 25.8 Å². The summed E-state index contributed by atoms with van der Waals surface area (Å²) in [4.78, 5) is 10.3. The van der Waals surface area contributed by atoms with Gasteiger partial charge in [-0.25, -0.2) is 0 Å². The molecule has 1 aromatic carbocycles. The van der Waals surface area contributed by atoms with Crippen LogP contribution in [0.15, 0.2) is 18.2 Å². The molecule has 0 aliphatic rings. The Labute approximate surface area is 107 Å². The Kier molecular flexibility index (Phi) is 5.58. The van der Waals surface area contributed by atoms with Crippen LogP contribution in [0.4, 0.5) is 5.69 Å². The van der Waals surface area contributed by atoms with Gasteiger partial charge in [-0.2, -0.15) is 0 Å². The minimum absolute atomic E-state index is 0.0246. The van der Waals surface area contributed by atoms with E-state index in [0.29, 0.717) is 19.1 Å². The lowest BCUT2D eigenvalue weighted by Gasteiger charge is -2.08. The second-order valence-corrected chi connectivity index (χ2v) is 4.50. The summed E-state index contributed by atoms with van der Waals surface area (Å²) in [7, 11) is 1.42. The zero-order valence-electron chi connectivity index (χ0n) is 11.0. The van der Waals surface area contributed by atoms with Gasteiger partial charge in [0.1, 0.15) is 0 Å². The molecule has 18 heavy (non-hydrogen) atoms. The topological polar surface area (TPSA) is 61.6 Å². The average Bonchev–Trinajstić information content (AvgIpc) is 2.33. The van der Waals surface area contributed by atoms with E-state index in [0.717, 1.165) is 12.0 Å². The van der Waals surface area contributed by atoms with Crippen LogP contribution < -0.4 is 4.74 Å². The van der Waals surface area contributed by atoms with E-state index >= 15 is 0 Å². The first-order valence-corrected chi connectivity index (χ1v) is 5.93. The zero-order chi connectivity index (χ0) is 13.5. The highest BCUT2D eigenvalue weighted by molar-refractivity contribution is 5.48. The first-order chi connectivity index (χ1) is 8.54. The van der Waals surface area contributed by atoms with Gasteiger partial charge in [0.15, 0.2) is 5.75 Å². The number of rotatable bonds is 7. The predicted molar refractivity (Wildman–Crippen MR) is 68.8 cm³/mol. The van der Waals surface area contributed by atoms with Crippen LogP contribution in [0.3, 0.4) is 0 Å². The predicted octanol–water partition coefficient (Wildman–Crippen LogP) is 3.17. The summed E-state index contributed by atoms with van der Waals surface area (Å²) in [6.45, 7) is 5.41. The number of nitro groups is 1. The van der Waals surface area contributed by atoms with Crippen LogP contribution in [-0.4, -0.2) is 18.6 Å². The Hall–Kier alpha value is -1.62. The first-order valence-electron chi connectivity index (χ1n) is 5.93. The molecule has 1 rings (SSSR count). The Balaban J connectivity index is 2.60. The molecular formula is C13H19NO4. The molecule has 0 saturated heterocycles. The van der Waals surface area contributed by atoms with E-state index in [1.54, 1.807) is 12.1 Å². The highest BCUT2D eigenvalue weighted by atomic mass is 16.6. The van der Waals surface area contributed by atoms with E-state index in [2.05, 4.69) is 13.8 Å². The highest BCUT2D eigenvalue weighted by Gasteiger charge is 2.14. The maximum atomic E-state index is 10.7. The van der Waals surface area contributed by atoms with Crippen molar-refractivity contribution in [2.75, 3.05) is 13.7 Å². The molecule has 0 radical (unpaired) electrons. The monoisotopic (exact) mass is 253 g/mol. The summed E-state index contributed by atoms with van der Waals surface area (Å²) in [6, 6.07) is 4.78. The van der Waals surface area contributed by atoms with Crippen molar-refractivity contribution in [3.8, 4) is 5.75 Å². The molecule has 100 valence electrons. The van der Waals surface area contributed by atoms with Gasteiger partial charge in [0.25, 0.3) is 0 Å². The Morgan fingerprint density at radius 2 is 2.11 bits per heavy atom. The SMILES string of the molecule is COc1cc(COCCC(C)C)ccc1[N+](=O)[O-]. The molecule has 0 aliphatic carbocycles. The second kappa shape index (κ2) is 6.96. The molecule has 0 heterocycles. The zero-order valence-corrected chi connectivity index (χ0v) is 11.0. The summed E-state index contributed by atoms with van der Waals surface area (Å²) in [5.74, 6) is 0.876. The minimum Gasteiger partial charge on any atom is -0.490 e. The van der Waals surface area contributed by atoms with Crippen LogP contribution in [-0.2, 0) is 11.3 Å². The molecule has 1 aromatic rings. The van der Waals surface area contributed by atoms with Gasteiger partial charge in [-0.15, -0.1) is 0 Å². The number of methoxy groups -OCH3 is 1. The van der Waals surface area contributed by atoms with E-state index in [-0.39, 0.29) is 11.4 Å². The molecule has 0 N–H and O–H groups in total. The molecular weight excluding hydrogens is 234 g/mol. The first kappa shape index (κ1) is 14.4. The van der Waals surface area contributed by atoms with Gasteiger partial charge in [0, 0.05) is 12.7 Å². The third kappa shape index (κ3) is 4.33. The molecule has 0 atom stereocenters. The highest BCUT2D eigenvalue weighted by Crippen LogP contribution is 2.27. The largest absolute Gasteiger partial charge is 0.490 e. The molecule has 5 nitrogen and oxygen atoms in total. The Morgan fingerprint density at radius 3 is 2.67 bits per heavy atom. The fourth-order valence-corrected chi connectivity index (χ4v) is 1.47. The van der Waals surface area contributed by atoms with Gasteiger partial charge >= 0.3 is 5.69 Å². The summed E-state index contributed by atoms with van der Waals surface area (Å²) in [6.07, 6.45) is 1.00. The molecule has 0 aromatic heterocycles. The van der Waals surface area contributed by atoms with E-state index in [1.165, 1.54) is 13.2 Å². The molecule has 0 unspecified atom stereocenters. The average molecular weight is 253 g/mol. The number of hydrogen-bond donors (Lipinski definition) is 0.